The van der Waals surface area contributed by atoms with Gasteiger partial charge in [-0.15, -0.1) is 0 Å². The first kappa shape index (κ1) is 13.6. The molecular formula is C11H17N3O2S. The van der Waals surface area contributed by atoms with E-state index >= 15 is 0 Å². The monoisotopic (exact) mass is 255 g/mol. The van der Waals surface area contributed by atoms with Crippen molar-refractivity contribution in [3.8, 4) is 0 Å². The zero-order chi connectivity index (χ0) is 12.8. The van der Waals surface area contributed by atoms with E-state index in [1.54, 1.807) is 17.8 Å². The Hall–Kier alpha value is -1.43. The number of nitrogens with zero attached hydrogens (tertiary/aromatic N) is 2. The van der Waals surface area contributed by atoms with E-state index in [9.17, 15) is 4.79 Å². The molecule has 0 aliphatic rings. The van der Waals surface area contributed by atoms with E-state index in [2.05, 4.69) is 9.72 Å². The Labute approximate surface area is 105 Å². The summed E-state index contributed by atoms with van der Waals surface area (Å²) in [6, 6.07) is 1.65. The summed E-state index contributed by atoms with van der Waals surface area (Å²) in [5, 5.41) is 0. The maximum Gasteiger partial charge on any atom is 0.340 e. The molecule has 5 nitrogen and oxygen atoms in total. The highest BCUT2D eigenvalue weighted by Crippen LogP contribution is 2.18. The van der Waals surface area contributed by atoms with Gasteiger partial charge in [-0.2, -0.15) is 11.8 Å². The molecule has 0 atom stereocenters. The fourth-order valence-corrected chi connectivity index (χ4v) is 1.75. The zero-order valence-corrected chi connectivity index (χ0v) is 11.1. The van der Waals surface area contributed by atoms with E-state index < -0.39 is 5.97 Å². The number of carbonyl (C=O) groups excluding carboxylic acids is 1. The quantitative estimate of drug-likeness (QED) is 0.799. The summed E-state index contributed by atoms with van der Waals surface area (Å²) in [6.45, 7) is 0.860. The van der Waals surface area contributed by atoms with Gasteiger partial charge in [-0.3, -0.25) is 0 Å². The largest absolute Gasteiger partial charge is 0.465 e. The van der Waals surface area contributed by atoms with Gasteiger partial charge in [-0.1, -0.05) is 0 Å². The van der Waals surface area contributed by atoms with Gasteiger partial charge in [-0.25, -0.2) is 9.78 Å². The Balaban J connectivity index is 2.91. The third-order valence-electron chi connectivity index (χ3n) is 2.35. The van der Waals surface area contributed by atoms with Crippen LogP contribution in [0.2, 0.25) is 0 Å². The van der Waals surface area contributed by atoms with E-state index in [0.717, 1.165) is 12.3 Å². The van der Waals surface area contributed by atoms with E-state index in [1.165, 1.54) is 13.3 Å². The number of esters is 1. The standard InChI is InChI=1S/C11H17N3O2S/c1-14(4-5-17-3)10-6-8(11(15)16-2)9(12)7-13-10/h6-7H,4-5,12H2,1-3H3. The van der Waals surface area contributed by atoms with Crippen molar-refractivity contribution in [2.45, 2.75) is 0 Å². The Morgan fingerprint density at radius 2 is 2.35 bits per heavy atom. The number of thioether (sulfide) groups is 1. The summed E-state index contributed by atoms with van der Waals surface area (Å²) in [4.78, 5) is 17.6. The van der Waals surface area contributed by atoms with Gasteiger partial charge in [0.15, 0.2) is 0 Å². The molecule has 0 spiro atoms. The Morgan fingerprint density at radius 3 is 2.94 bits per heavy atom. The predicted molar refractivity (Wildman–Crippen MR) is 71.6 cm³/mol. The van der Waals surface area contributed by atoms with Gasteiger partial charge < -0.3 is 15.4 Å². The lowest BCUT2D eigenvalue weighted by Crippen LogP contribution is -2.22. The van der Waals surface area contributed by atoms with Crippen molar-refractivity contribution in [3.63, 3.8) is 0 Å². The highest BCUT2D eigenvalue weighted by molar-refractivity contribution is 7.98. The summed E-state index contributed by atoms with van der Waals surface area (Å²) in [6.07, 6.45) is 3.53. The van der Waals surface area contributed by atoms with E-state index in [4.69, 9.17) is 5.73 Å². The average Bonchev–Trinajstić information content (AvgIpc) is 2.35. The molecule has 2 N–H and O–H groups in total. The van der Waals surface area contributed by atoms with Gasteiger partial charge in [0.25, 0.3) is 0 Å². The fraction of sp³-hybridized carbons (Fsp3) is 0.455. The fourth-order valence-electron chi connectivity index (χ4n) is 1.29. The van der Waals surface area contributed by atoms with Crippen LogP contribution in [-0.4, -0.2) is 43.7 Å². The Kier molecular flexibility index (Phi) is 5.09. The second kappa shape index (κ2) is 6.34. The van der Waals surface area contributed by atoms with Crippen molar-refractivity contribution >= 4 is 29.2 Å². The normalized spacial score (nSPS) is 10.1. The van der Waals surface area contributed by atoms with Gasteiger partial charge >= 0.3 is 5.97 Å². The van der Waals surface area contributed by atoms with Crippen LogP contribution < -0.4 is 10.6 Å². The number of ether oxygens (including phenoxy) is 1. The van der Waals surface area contributed by atoms with Crippen LogP contribution in [0.15, 0.2) is 12.3 Å². The molecule has 1 rings (SSSR count). The summed E-state index contributed by atoms with van der Waals surface area (Å²) < 4.78 is 4.66. The number of pyridine rings is 1. The molecule has 0 fully saturated rings. The van der Waals surface area contributed by atoms with Crippen LogP contribution in [0.4, 0.5) is 11.5 Å². The lowest BCUT2D eigenvalue weighted by Gasteiger charge is -2.18. The molecule has 1 aromatic heterocycles. The second-order valence-corrected chi connectivity index (χ2v) is 4.52. The molecule has 0 amide bonds. The number of methoxy groups -OCH3 is 1. The molecule has 6 heteroatoms. The summed E-state index contributed by atoms with van der Waals surface area (Å²) in [5.74, 6) is 1.27. The average molecular weight is 255 g/mol. The van der Waals surface area contributed by atoms with Gasteiger partial charge in [0.2, 0.25) is 0 Å². The Bertz CT molecular complexity index is 398. The van der Waals surface area contributed by atoms with Crippen molar-refractivity contribution in [3.05, 3.63) is 17.8 Å². The number of rotatable bonds is 5. The smallest absolute Gasteiger partial charge is 0.340 e. The first-order valence-electron chi connectivity index (χ1n) is 5.14. The van der Waals surface area contributed by atoms with Crippen LogP contribution in [0.1, 0.15) is 10.4 Å². The maximum atomic E-state index is 11.5. The molecular weight excluding hydrogens is 238 g/mol. The van der Waals surface area contributed by atoms with Gasteiger partial charge in [-0.05, 0) is 12.3 Å². The van der Waals surface area contributed by atoms with Crippen LogP contribution in [0.3, 0.4) is 0 Å². The highest BCUT2D eigenvalue weighted by Gasteiger charge is 2.13. The van der Waals surface area contributed by atoms with Crippen LogP contribution >= 0.6 is 11.8 Å². The van der Waals surface area contributed by atoms with E-state index in [-0.39, 0.29) is 0 Å². The van der Waals surface area contributed by atoms with Crippen molar-refractivity contribution in [2.24, 2.45) is 0 Å². The highest BCUT2D eigenvalue weighted by atomic mass is 32.2. The van der Waals surface area contributed by atoms with Crippen molar-refractivity contribution < 1.29 is 9.53 Å². The molecule has 1 aromatic rings. The SMILES string of the molecule is COC(=O)c1cc(N(C)CCSC)ncc1N. The first-order valence-corrected chi connectivity index (χ1v) is 6.53. The van der Waals surface area contributed by atoms with Crippen molar-refractivity contribution in [2.75, 3.05) is 43.3 Å². The van der Waals surface area contributed by atoms with E-state index in [1.807, 2.05) is 18.2 Å². The number of hydrogen-bond acceptors (Lipinski definition) is 6. The lowest BCUT2D eigenvalue weighted by atomic mass is 10.2. The van der Waals surface area contributed by atoms with Gasteiger partial charge in [0.05, 0.1) is 24.6 Å². The molecule has 0 saturated heterocycles. The number of nitrogens with two attached hydrogens (primary N) is 1. The van der Waals surface area contributed by atoms with Crippen LogP contribution in [0.25, 0.3) is 0 Å². The molecule has 0 aromatic carbocycles. The van der Waals surface area contributed by atoms with E-state index in [0.29, 0.717) is 17.1 Å². The molecule has 0 bridgehead atoms. The first-order chi connectivity index (χ1) is 8.10. The molecule has 94 valence electrons. The van der Waals surface area contributed by atoms with Crippen LogP contribution in [-0.2, 0) is 4.74 Å². The predicted octanol–water partition coefficient (Wildman–Crippen LogP) is 1.25. The third-order valence-corrected chi connectivity index (χ3v) is 2.94. The summed E-state index contributed by atoms with van der Waals surface area (Å²) in [5.41, 5.74) is 6.37. The zero-order valence-electron chi connectivity index (χ0n) is 10.3. The molecule has 0 saturated carbocycles. The molecule has 17 heavy (non-hydrogen) atoms. The van der Waals surface area contributed by atoms with Gasteiger partial charge in [0.1, 0.15) is 5.82 Å². The topological polar surface area (TPSA) is 68.5 Å². The summed E-state index contributed by atoms with van der Waals surface area (Å²) in [7, 11) is 3.26. The number of hydrogen-bond donors (Lipinski definition) is 1. The molecule has 1 heterocycles. The molecule has 0 aliphatic carbocycles. The minimum absolute atomic E-state index is 0.332. The molecule has 0 radical (unpaired) electrons. The van der Waals surface area contributed by atoms with Crippen LogP contribution in [0.5, 0.6) is 0 Å². The van der Waals surface area contributed by atoms with Gasteiger partial charge in [0, 0.05) is 19.3 Å². The van der Waals surface area contributed by atoms with Crippen molar-refractivity contribution in [1.29, 1.82) is 0 Å². The maximum absolute atomic E-state index is 11.5. The summed E-state index contributed by atoms with van der Waals surface area (Å²) >= 11 is 1.76. The minimum Gasteiger partial charge on any atom is -0.465 e. The number of aromatic nitrogens is 1. The second-order valence-electron chi connectivity index (χ2n) is 3.54. The third kappa shape index (κ3) is 3.52. The molecule has 0 unspecified atom stereocenters. The minimum atomic E-state index is -0.440. The molecule has 0 aliphatic heterocycles. The number of nitrogen functional groups attached to an aromatic ring is 1. The Morgan fingerprint density at radius 1 is 1.65 bits per heavy atom. The number of anilines is 2. The number of carbonyl (C=O) groups is 1. The van der Waals surface area contributed by atoms with Crippen molar-refractivity contribution in [1.82, 2.24) is 4.98 Å². The van der Waals surface area contributed by atoms with Crippen LogP contribution in [0, 0.1) is 0 Å². The lowest BCUT2D eigenvalue weighted by molar-refractivity contribution is 0.0602.